The van der Waals surface area contributed by atoms with Crippen LogP contribution < -0.4 is 5.63 Å². The van der Waals surface area contributed by atoms with E-state index in [1.807, 2.05) is 29.2 Å². The van der Waals surface area contributed by atoms with Gasteiger partial charge in [-0.25, -0.2) is 4.79 Å². The first kappa shape index (κ1) is 16.3. The second-order valence-corrected chi connectivity index (χ2v) is 7.67. The van der Waals surface area contributed by atoms with Crippen molar-refractivity contribution in [1.82, 2.24) is 4.90 Å². The van der Waals surface area contributed by atoms with E-state index in [4.69, 9.17) is 4.42 Å². The highest BCUT2D eigenvalue weighted by molar-refractivity contribution is 5.96. The summed E-state index contributed by atoms with van der Waals surface area (Å²) in [4.78, 5) is 27.1. The molecule has 1 amide bonds. The summed E-state index contributed by atoms with van der Waals surface area (Å²) in [7, 11) is 0. The van der Waals surface area contributed by atoms with Crippen molar-refractivity contribution in [3.05, 3.63) is 70.6 Å². The number of para-hydroxylation sites is 1. The summed E-state index contributed by atoms with van der Waals surface area (Å²) in [6.07, 6.45) is 1.01. The molecule has 5 nitrogen and oxygen atoms in total. The van der Waals surface area contributed by atoms with E-state index in [1.54, 1.807) is 30.3 Å². The Morgan fingerprint density at radius 1 is 1.19 bits per heavy atom. The zero-order valence-electron chi connectivity index (χ0n) is 14.7. The molecular weight excluding hydrogens is 342 g/mol. The van der Waals surface area contributed by atoms with Crippen molar-refractivity contribution in [3.8, 4) is 11.1 Å². The van der Waals surface area contributed by atoms with Crippen molar-refractivity contribution in [1.29, 1.82) is 0 Å². The van der Waals surface area contributed by atoms with Gasteiger partial charge >= 0.3 is 5.63 Å². The number of benzene rings is 2. The molecule has 2 heterocycles. The normalized spacial score (nSPS) is 23.4. The molecule has 0 radical (unpaired) electrons. The average molecular weight is 361 g/mol. The van der Waals surface area contributed by atoms with E-state index >= 15 is 0 Å². The van der Waals surface area contributed by atoms with Gasteiger partial charge in [0.25, 0.3) is 5.91 Å². The van der Waals surface area contributed by atoms with E-state index < -0.39 is 5.63 Å². The van der Waals surface area contributed by atoms with Gasteiger partial charge in [-0.1, -0.05) is 30.3 Å². The summed E-state index contributed by atoms with van der Waals surface area (Å²) in [5.74, 6) is 0.365. The molecule has 5 rings (SSSR count). The van der Waals surface area contributed by atoms with Crippen molar-refractivity contribution in [2.24, 2.45) is 11.3 Å². The number of carbonyl (C=O) groups excluding carboxylic acids is 1. The first-order valence-electron chi connectivity index (χ1n) is 9.13. The highest BCUT2D eigenvalue weighted by Gasteiger charge is 2.60. The minimum Gasteiger partial charge on any atom is -0.422 e. The lowest BCUT2D eigenvalue weighted by molar-refractivity contribution is 0.0751. The molecule has 2 fully saturated rings. The number of amides is 1. The Bertz CT molecular complexity index is 1110. The second kappa shape index (κ2) is 5.79. The molecule has 2 aromatic carbocycles. The fourth-order valence-electron chi connectivity index (χ4n) is 4.26. The lowest BCUT2D eigenvalue weighted by atomic mass is 10.0. The Balaban J connectivity index is 1.49. The number of likely N-dealkylation sites (tertiary alicyclic amines) is 1. The number of carbonyl (C=O) groups is 1. The Hall–Kier alpha value is -2.92. The predicted octanol–water partition coefficient (Wildman–Crippen LogP) is 2.91. The quantitative estimate of drug-likeness (QED) is 0.728. The molecule has 1 saturated heterocycles. The first-order chi connectivity index (χ1) is 13.1. The number of hydrogen-bond acceptors (Lipinski definition) is 4. The minimum atomic E-state index is -0.417. The van der Waals surface area contributed by atoms with E-state index in [9.17, 15) is 14.7 Å². The summed E-state index contributed by atoms with van der Waals surface area (Å²) >= 11 is 0. The summed E-state index contributed by atoms with van der Waals surface area (Å²) in [6.45, 7) is 1.44. The molecule has 0 unspecified atom stereocenters. The maximum atomic E-state index is 12.9. The van der Waals surface area contributed by atoms with E-state index in [0.717, 1.165) is 11.8 Å². The molecule has 1 aliphatic carbocycles. The maximum absolute atomic E-state index is 12.9. The second-order valence-electron chi connectivity index (χ2n) is 7.67. The molecule has 0 bridgehead atoms. The average Bonchev–Trinajstić information content (AvgIpc) is 3.27. The van der Waals surface area contributed by atoms with Crippen LogP contribution in [-0.2, 0) is 0 Å². The molecule has 1 aromatic heterocycles. The maximum Gasteiger partial charge on any atom is 0.344 e. The predicted molar refractivity (Wildman–Crippen MR) is 101 cm³/mol. The van der Waals surface area contributed by atoms with Gasteiger partial charge in [-0.05, 0) is 42.2 Å². The monoisotopic (exact) mass is 361 g/mol. The van der Waals surface area contributed by atoms with E-state index in [0.29, 0.717) is 41.3 Å². The fourth-order valence-corrected chi connectivity index (χ4v) is 4.26. The van der Waals surface area contributed by atoms with Gasteiger partial charge in [-0.3, -0.25) is 4.79 Å². The van der Waals surface area contributed by atoms with Crippen molar-refractivity contribution >= 4 is 16.9 Å². The molecule has 5 heteroatoms. The number of nitrogens with zero attached hydrogens (tertiary/aromatic N) is 1. The highest BCUT2D eigenvalue weighted by atomic mass is 16.4. The Labute approximate surface area is 155 Å². The van der Waals surface area contributed by atoms with Gasteiger partial charge < -0.3 is 14.4 Å². The fraction of sp³-hybridized carbons (Fsp3) is 0.273. The van der Waals surface area contributed by atoms with E-state index in [-0.39, 0.29) is 17.9 Å². The van der Waals surface area contributed by atoms with Crippen LogP contribution in [0.2, 0.25) is 0 Å². The van der Waals surface area contributed by atoms with Crippen LogP contribution in [0.5, 0.6) is 0 Å². The molecule has 0 spiro atoms. The topological polar surface area (TPSA) is 70.8 Å². The number of piperidine rings is 1. The Morgan fingerprint density at radius 3 is 2.85 bits per heavy atom. The van der Waals surface area contributed by atoms with Gasteiger partial charge in [0, 0.05) is 29.5 Å². The van der Waals surface area contributed by atoms with E-state index in [1.165, 1.54) is 0 Å². The van der Waals surface area contributed by atoms with Crippen LogP contribution in [0, 0.1) is 11.3 Å². The van der Waals surface area contributed by atoms with Crippen molar-refractivity contribution < 1.29 is 14.3 Å². The van der Waals surface area contributed by atoms with Crippen LogP contribution in [0.25, 0.3) is 22.1 Å². The summed E-state index contributed by atoms with van der Waals surface area (Å²) < 4.78 is 5.42. The Kier molecular flexibility index (Phi) is 3.49. The van der Waals surface area contributed by atoms with Crippen LogP contribution in [0.3, 0.4) is 0 Å². The van der Waals surface area contributed by atoms with Crippen LogP contribution in [0.1, 0.15) is 16.8 Å². The van der Waals surface area contributed by atoms with Gasteiger partial charge in [0.05, 0.1) is 12.2 Å². The number of hydrogen-bond donors (Lipinski definition) is 1. The van der Waals surface area contributed by atoms with E-state index in [2.05, 4.69) is 0 Å². The summed E-state index contributed by atoms with van der Waals surface area (Å²) in [5.41, 5.74) is 1.71. The van der Waals surface area contributed by atoms with Crippen LogP contribution in [0.15, 0.2) is 63.8 Å². The highest BCUT2D eigenvalue weighted by Crippen LogP contribution is 2.57. The third kappa shape index (κ3) is 2.58. The third-order valence-corrected chi connectivity index (χ3v) is 5.97. The largest absolute Gasteiger partial charge is 0.422 e. The molecule has 1 aliphatic heterocycles. The van der Waals surface area contributed by atoms with Gasteiger partial charge in [0.2, 0.25) is 0 Å². The van der Waals surface area contributed by atoms with Gasteiger partial charge in [0.1, 0.15) is 5.58 Å². The molecule has 3 aromatic rings. The third-order valence-electron chi connectivity index (χ3n) is 5.97. The lowest BCUT2D eigenvalue weighted by Gasteiger charge is -2.20. The van der Waals surface area contributed by atoms with Gasteiger partial charge in [0.15, 0.2) is 0 Å². The van der Waals surface area contributed by atoms with Crippen LogP contribution in [0.4, 0.5) is 0 Å². The Morgan fingerprint density at radius 2 is 2.04 bits per heavy atom. The molecule has 2 aliphatic rings. The molecular formula is C22H19NO4. The zero-order chi connectivity index (χ0) is 18.6. The van der Waals surface area contributed by atoms with Crippen molar-refractivity contribution in [3.63, 3.8) is 0 Å². The zero-order valence-corrected chi connectivity index (χ0v) is 14.7. The molecule has 2 atom stereocenters. The minimum absolute atomic E-state index is 0.0537. The number of fused-ring (bicyclic) bond motifs is 2. The van der Waals surface area contributed by atoms with Gasteiger partial charge in [-0.2, -0.15) is 0 Å². The first-order valence-corrected chi connectivity index (χ1v) is 9.13. The van der Waals surface area contributed by atoms with Crippen LogP contribution in [-0.4, -0.2) is 35.6 Å². The standard InChI is InChI=1S/C22H19NO4/c24-13-22-10-17(22)11-23(12-22)20(25)16-6-3-5-14(8-16)18-9-15-4-1-2-7-19(15)27-21(18)26/h1-9,17,24H,10-13H2/t17-,22+/m1/s1. The lowest BCUT2D eigenvalue weighted by Crippen LogP contribution is -2.32. The molecule has 1 saturated carbocycles. The van der Waals surface area contributed by atoms with Crippen LogP contribution >= 0.6 is 0 Å². The van der Waals surface area contributed by atoms with Crippen molar-refractivity contribution in [2.75, 3.05) is 19.7 Å². The summed E-state index contributed by atoms with van der Waals surface area (Å²) in [6, 6.07) is 16.3. The molecule has 1 N–H and O–H groups in total. The summed E-state index contributed by atoms with van der Waals surface area (Å²) in [5, 5.41) is 10.4. The SMILES string of the molecule is O=C(c1cccc(-c2cc3ccccc3oc2=O)c1)N1C[C@H]2C[C@@]2(CO)C1. The molecule has 27 heavy (non-hydrogen) atoms. The number of rotatable bonds is 3. The smallest absolute Gasteiger partial charge is 0.344 e. The number of aliphatic hydroxyl groups excluding tert-OH is 1. The van der Waals surface area contributed by atoms with Gasteiger partial charge in [-0.15, -0.1) is 0 Å². The number of aliphatic hydroxyl groups is 1. The molecule has 136 valence electrons. The van der Waals surface area contributed by atoms with Crippen molar-refractivity contribution in [2.45, 2.75) is 6.42 Å².